The first-order valence-corrected chi connectivity index (χ1v) is 8.58. The van der Waals surface area contributed by atoms with Crippen molar-refractivity contribution in [3.05, 3.63) is 41.7 Å². The number of amides is 1. The summed E-state index contributed by atoms with van der Waals surface area (Å²) in [6, 6.07) is 9.45. The minimum Gasteiger partial charge on any atom is -0.467 e. The summed E-state index contributed by atoms with van der Waals surface area (Å²) in [6.45, 7) is 2.89. The Morgan fingerprint density at radius 3 is 2.54 bits per heavy atom. The van der Waals surface area contributed by atoms with Crippen LogP contribution < -0.4 is 0 Å². The zero-order chi connectivity index (χ0) is 18.7. The SMILES string of the molecule is COC(=O)[C@H](O)C1CCN(C(=O)c2cc(-c3ccc(C)cc3)no2)CC1. The third-order valence-electron chi connectivity index (χ3n) is 4.78. The molecule has 1 atom stereocenters. The zero-order valence-corrected chi connectivity index (χ0v) is 14.8. The molecule has 1 fully saturated rings. The maximum atomic E-state index is 12.6. The van der Waals surface area contributed by atoms with Crippen LogP contribution in [0.5, 0.6) is 0 Å². The number of carbonyl (C=O) groups excluding carboxylic acids is 2. The van der Waals surface area contributed by atoms with E-state index in [1.807, 2.05) is 31.2 Å². The minimum atomic E-state index is -1.14. The van der Waals surface area contributed by atoms with Crippen LogP contribution in [-0.2, 0) is 9.53 Å². The van der Waals surface area contributed by atoms with E-state index in [9.17, 15) is 14.7 Å². The first-order valence-electron chi connectivity index (χ1n) is 8.58. The van der Waals surface area contributed by atoms with Gasteiger partial charge in [0.15, 0.2) is 6.10 Å². The number of ether oxygens (including phenoxy) is 1. The maximum absolute atomic E-state index is 12.6. The molecular formula is C19H22N2O5. The van der Waals surface area contributed by atoms with E-state index in [-0.39, 0.29) is 17.6 Å². The molecule has 0 unspecified atom stereocenters. The standard InChI is InChI=1S/C19H22N2O5/c1-12-3-5-13(6-4-12)15-11-16(26-20-15)18(23)21-9-7-14(8-10-21)17(22)19(24)25-2/h3-6,11,14,17,22H,7-10H2,1-2H3/t17-/m1/s1. The second-order valence-electron chi connectivity index (χ2n) is 6.54. The second-order valence-corrected chi connectivity index (χ2v) is 6.54. The average molecular weight is 358 g/mol. The van der Waals surface area contributed by atoms with Crippen molar-refractivity contribution in [1.82, 2.24) is 10.1 Å². The predicted octanol–water partition coefficient (Wildman–Crippen LogP) is 2.04. The fourth-order valence-corrected chi connectivity index (χ4v) is 3.12. The highest BCUT2D eigenvalue weighted by Gasteiger charge is 2.33. The van der Waals surface area contributed by atoms with Crippen LogP contribution in [0.4, 0.5) is 0 Å². The Kier molecular flexibility index (Phi) is 5.37. The van der Waals surface area contributed by atoms with Gasteiger partial charge in [0.05, 0.1) is 7.11 Å². The third-order valence-corrected chi connectivity index (χ3v) is 4.78. The molecule has 1 N–H and O–H groups in total. The van der Waals surface area contributed by atoms with Crippen LogP contribution in [0.2, 0.25) is 0 Å². The molecule has 2 aromatic rings. The van der Waals surface area contributed by atoms with E-state index in [1.54, 1.807) is 11.0 Å². The molecule has 0 aliphatic carbocycles. The minimum absolute atomic E-state index is 0.188. The van der Waals surface area contributed by atoms with E-state index in [0.717, 1.165) is 11.1 Å². The van der Waals surface area contributed by atoms with Crippen LogP contribution in [0.1, 0.15) is 29.0 Å². The number of likely N-dealkylation sites (tertiary alicyclic amines) is 1. The molecule has 1 aliphatic heterocycles. The van der Waals surface area contributed by atoms with Crippen molar-refractivity contribution in [2.75, 3.05) is 20.2 Å². The number of benzene rings is 1. The first-order chi connectivity index (χ1) is 12.5. The number of hydrogen-bond acceptors (Lipinski definition) is 6. The van der Waals surface area contributed by atoms with Gasteiger partial charge in [0.25, 0.3) is 5.91 Å². The van der Waals surface area contributed by atoms with Gasteiger partial charge in [-0.1, -0.05) is 35.0 Å². The molecule has 138 valence electrons. The van der Waals surface area contributed by atoms with E-state index in [0.29, 0.717) is 31.6 Å². The van der Waals surface area contributed by atoms with E-state index in [1.165, 1.54) is 7.11 Å². The number of esters is 1. The summed E-state index contributed by atoms with van der Waals surface area (Å²) in [5.74, 6) is -0.883. The smallest absolute Gasteiger partial charge is 0.334 e. The second kappa shape index (κ2) is 7.70. The van der Waals surface area contributed by atoms with Crippen LogP contribution in [0.3, 0.4) is 0 Å². The van der Waals surface area contributed by atoms with Crippen molar-refractivity contribution in [1.29, 1.82) is 0 Å². The lowest BCUT2D eigenvalue weighted by atomic mass is 9.91. The highest BCUT2D eigenvalue weighted by Crippen LogP contribution is 2.24. The molecule has 3 rings (SSSR count). The zero-order valence-electron chi connectivity index (χ0n) is 14.8. The molecule has 0 spiro atoms. The Hall–Kier alpha value is -2.67. The van der Waals surface area contributed by atoms with E-state index >= 15 is 0 Å². The van der Waals surface area contributed by atoms with Gasteiger partial charge in [0.1, 0.15) is 5.69 Å². The van der Waals surface area contributed by atoms with Gasteiger partial charge in [0, 0.05) is 24.7 Å². The lowest BCUT2D eigenvalue weighted by Crippen LogP contribution is -2.43. The number of nitrogens with zero attached hydrogens (tertiary/aromatic N) is 2. The van der Waals surface area contributed by atoms with E-state index in [2.05, 4.69) is 9.89 Å². The van der Waals surface area contributed by atoms with Gasteiger partial charge in [-0.3, -0.25) is 4.79 Å². The molecule has 1 amide bonds. The van der Waals surface area contributed by atoms with Crippen LogP contribution in [0.25, 0.3) is 11.3 Å². The molecule has 7 heteroatoms. The van der Waals surface area contributed by atoms with Crippen LogP contribution in [0.15, 0.2) is 34.9 Å². The van der Waals surface area contributed by atoms with E-state index in [4.69, 9.17) is 4.52 Å². The van der Waals surface area contributed by atoms with Gasteiger partial charge in [-0.05, 0) is 25.7 Å². The Bertz CT molecular complexity index is 775. The van der Waals surface area contributed by atoms with Gasteiger partial charge >= 0.3 is 5.97 Å². The Balaban J connectivity index is 1.62. The van der Waals surface area contributed by atoms with Crippen molar-refractivity contribution in [3.63, 3.8) is 0 Å². The van der Waals surface area contributed by atoms with Crippen molar-refractivity contribution >= 4 is 11.9 Å². The van der Waals surface area contributed by atoms with Crippen LogP contribution in [0, 0.1) is 12.8 Å². The largest absolute Gasteiger partial charge is 0.467 e. The van der Waals surface area contributed by atoms with Gasteiger partial charge in [0.2, 0.25) is 5.76 Å². The van der Waals surface area contributed by atoms with Crippen molar-refractivity contribution in [3.8, 4) is 11.3 Å². The molecule has 1 aromatic carbocycles. The van der Waals surface area contributed by atoms with Gasteiger partial charge < -0.3 is 19.3 Å². The number of aromatic nitrogens is 1. The number of aliphatic hydroxyl groups excluding tert-OH is 1. The normalized spacial score (nSPS) is 16.3. The summed E-state index contributed by atoms with van der Waals surface area (Å²) in [5, 5.41) is 13.9. The number of piperidine rings is 1. The lowest BCUT2D eigenvalue weighted by Gasteiger charge is -2.32. The number of methoxy groups -OCH3 is 1. The number of hydrogen-bond donors (Lipinski definition) is 1. The Labute approximate surface area is 151 Å². The lowest BCUT2D eigenvalue weighted by molar-refractivity contribution is -0.154. The number of aliphatic hydroxyl groups is 1. The molecule has 0 radical (unpaired) electrons. The molecule has 1 aliphatic rings. The predicted molar refractivity (Wildman–Crippen MR) is 93.3 cm³/mol. The Morgan fingerprint density at radius 1 is 1.27 bits per heavy atom. The summed E-state index contributed by atoms with van der Waals surface area (Å²) in [5.41, 5.74) is 2.65. The quantitative estimate of drug-likeness (QED) is 0.841. The third kappa shape index (κ3) is 3.77. The molecule has 1 saturated heterocycles. The summed E-state index contributed by atoms with van der Waals surface area (Å²) < 4.78 is 9.80. The number of rotatable bonds is 4. The van der Waals surface area contributed by atoms with Crippen molar-refractivity contribution in [2.45, 2.75) is 25.9 Å². The summed E-state index contributed by atoms with van der Waals surface area (Å²) in [7, 11) is 1.25. The van der Waals surface area contributed by atoms with Gasteiger partial charge in [-0.25, -0.2) is 4.79 Å². The average Bonchev–Trinajstić information content (AvgIpc) is 3.17. The molecule has 26 heavy (non-hydrogen) atoms. The molecule has 0 saturated carbocycles. The van der Waals surface area contributed by atoms with Crippen molar-refractivity contribution in [2.24, 2.45) is 5.92 Å². The first kappa shape index (κ1) is 18.1. The summed E-state index contributed by atoms with van der Waals surface area (Å²) >= 11 is 0. The fraction of sp³-hybridized carbons (Fsp3) is 0.421. The van der Waals surface area contributed by atoms with Gasteiger partial charge in [-0.15, -0.1) is 0 Å². The van der Waals surface area contributed by atoms with Gasteiger partial charge in [-0.2, -0.15) is 0 Å². The molecule has 0 bridgehead atoms. The molecule has 7 nitrogen and oxygen atoms in total. The molecule has 2 heterocycles. The fourth-order valence-electron chi connectivity index (χ4n) is 3.12. The topological polar surface area (TPSA) is 92.9 Å². The van der Waals surface area contributed by atoms with Crippen molar-refractivity contribution < 1.29 is 24.0 Å². The highest BCUT2D eigenvalue weighted by atomic mass is 16.5. The Morgan fingerprint density at radius 2 is 1.92 bits per heavy atom. The van der Waals surface area contributed by atoms with Crippen LogP contribution in [-0.4, -0.2) is 53.3 Å². The number of aryl methyl sites for hydroxylation is 1. The molecule has 1 aromatic heterocycles. The highest BCUT2D eigenvalue weighted by molar-refractivity contribution is 5.92. The van der Waals surface area contributed by atoms with E-state index < -0.39 is 12.1 Å². The summed E-state index contributed by atoms with van der Waals surface area (Å²) in [6.07, 6.45) is -0.0854. The summed E-state index contributed by atoms with van der Waals surface area (Å²) in [4.78, 5) is 25.7. The number of carbonyl (C=O) groups is 2. The van der Waals surface area contributed by atoms with Crippen LogP contribution >= 0.6 is 0 Å². The maximum Gasteiger partial charge on any atom is 0.334 e. The monoisotopic (exact) mass is 358 g/mol. The molecular weight excluding hydrogens is 336 g/mol.